The van der Waals surface area contributed by atoms with Crippen molar-refractivity contribution in [3.63, 3.8) is 0 Å². The van der Waals surface area contributed by atoms with E-state index in [1.807, 2.05) is 107 Å². The average Bonchev–Trinajstić information content (AvgIpc) is 3.82. The first-order valence-corrected chi connectivity index (χ1v) is 21.2. The van der Waals surface area contributed by atoms with Crippen LogP contribution in [0.2, 0.25) is 0 Å². The second kappa shape index (κ2) is 21.2. The van der Waals surface area contributed by atoms with E-state index in [0.29, 0.717) is 12.0 Å². The van der Waals surface area contributed by atoms with Crippen LogP contribution in [0.4, 0.5) is 0 Å². The maximum Gasteiger partial charge on any atom is 0.327 e. The number of aromatic nitrogens is 2. The van der Waals surface area contributed by atoms with Gasteiger partial charge in [0, 0.05) is 64.8 Å². The summed E-state index contributed by atoms with van der Waals surface area (Å²) in [5, 5.41) is 24.8. The Morgan fingerprint density at radius 1 is 0.661 bits per heavy atom. The van der Waals surface area contributed by atoms with Gasteiger partial charge >= 0.3 is 5.97 Å². The van der Waals surface area contributed by atoms with Crippen molar-refractivity contribution in [1.29, 1.82) is 0 Å². The van der Waals surface area contributed by atoms with Crippen molar-refractivity contribution in [2.24, 2.45) is 11.1 Å². The number of nitrogens with one attached hydrogen (secondary N) is 7. The van der Waals surface area contributed by atoms with Gasteiger partial charge in [0.1, 0.15) is 23.9 Å². The summed E-state index contributed by atoms with van der Waals surface area (Å²) in [5.41, 5.74) is 9.33. The molecule has 16 heteroatoms. The standard InChI is InChI=1S/C46H58N8O7S/c1-45(2,27-46(3,4)47)21-31(55)24-50-36(18-28-12-6-5-7-13-28)42(58)54-38(20-30-23-49-35-17-11-9-15-33(30)35)43(59)53-37(19-29-22-48-34-16-10-8-14-32(29)34)41(57)51-25-40(56)52-39(26-62)44(60)61/h5-17,22-23,36-39,48-50,62H,18-21,24-27,47H2,1-4H3,(H,51,57)(H,52,56)(H,53,59)(H,54,58)(H,60,61). The zero-order valence-electron chi connectivity index (χ0n) is 35.5. The fourth-order valence-corrected chi connectivity index (χ4v) is 8.21. The van der Waals surface area contributed by atoms with Crippen LogP contribution in [-0.4, -0.2) is 99.0 Å². The monoisotopic (exact) mass is 866 g/mol. The number of para-hydroxylation sites is 2. The number of carbonyl (C=O) groups excluding carboxylic acids is 5. The van der Waals surface area contributed by atoms with Gasteiger partial charge in [0.05, 0.1) is 19.1 Å². The van der Waals surface area contributed by atoms with E-state index in [2.05, 4.69) is 49.2 Å². The first kappa shape index (κ1) is 47.1. The summed E-state index contributed by atoms with van der Waals surface area (Å²) in [6, 6.07) is 19.7. The summed E-state index contributed by atoms with van der Waals surface area (Å²) in [4.78, 5) is 86.9. The largest absolute Gasteiger partial charge is 0.480 e. The normalized spacial score (nSPS) is 13.8. The van der Waals surface area contributed by atoms with Gasteiger partial charge in [-0.1, -0.05) is 80.6 Å². The van der Waals surface area contributed by atoms with Crippen LogP contribution in [0.1, 0.15) is 57.2 Å². The maximum absolute atomic E-state index is 14.6. The molecule has 3 aromatic carbocycles. The van der Waals surface area contributed by atoms with Gasteiger partial charge in [-0.25, -0.2) is 4.79 Å². The molecule has 0 bridgehead atoms. The number of nitrogens with two attached hydrogens (primary N) is 1. The molecule has 10 N–H and O–H groups in total. The van der Waals surface area contributed by atoms with Crippen molar-refractivity contribution in [3.8, 4) is 0 Å². The van der Waals surface area contributed by atoms with Crippen molar-refractivity contribution < 1.29 is 33.9 Å². The lowest BCUT2D eigenvalue weighted by molar-refractivity contribution is -0.141. The first-order valence-electron chi connectivity index (χ1n) is 20.6. The van der Waals surface area contributed by atoms with Gasteiger partial charge in [-0.2, -0.15) is 12.6 Å². The number of rotatable bonds is 23. The van der Waals surface area contributed by atoms with E-state index in [1.165, 1.54) is 0 Å². The van der Waals surface area contributed by atoms with Crippen LogP contribution in [0.5, 0.6) is 0 Å². The molecule has 0 aliphatic rings. The van der Waals surface area contributed by atoms with Crippen LogP contribution in [0, 0.1) is 5.41 Å². The van der Waals surface area contributed by atoms with Gasteiger partial charge in [-0.05, 0) is 60.9 Å². The zero-order chi connectivity index (χ0) is 45.0. The van der Waals surface area contributed by atoms with Crippen molar-refractivity contribution in [2.75, 3.05) is 18.8 Å². The average molecular weight is 867 g/mol. The Bertz CT molecular complexity index is 2350. The van der Waals surface area contributed by atoms with Gasteiger partial charge in [-0.3, -0.25) is 29.3 Å². The number of carboxylic acids is 1. The van der Waals surface area contributed by atoms with Gasteiger partial charge in [0.2, 0.25) is 23.6 Å². The highest BCUT2D eigenvalue weighted by Gasteiger charge is 2.33. The summed E-state index contributed by atoms with van der Waals surface area (Å²) in [6.45, 7) is 7.14. The number of aromatic amines is 2. The lowest BCUT2D eigenvalue weighted by Crippen LogP contribution is -2.58. The lowest BCUT2D eigenvalue weighted by Gasteiger charge is -2.32. The number of ketones is 1. The van der Waals surface area contributed by atoms with Gasteiger partial charge in [0.25, 0.3) is 0 Å². The van der Waals surface area contributed by atoms with Crippen LogP contribution >= 0.6 is 12.6 Å². The minimum Gasteiger partial charge on any atom is -0.480 e. The second-order valence-electron chi connectivity index (χ2n) is 17.3. The van der Waals surface area contributed by atoms with Crippen LogP contribution in [0.25, 0.3) is 21.8 Å². The third kappa shape index (κ3) is 13.8. The summed E-state index contributed by atoms with van der Waals surface area (Å²) in [6.07, 6.45) is 4.60. The molecule has 5 rings (SSSR count). The second-order valence-corrected chi connectivity index (χ2v) is 17.6. The van der Waals surface area contributed by atoms with E-state index in [9.17, 15) is 33.9 Å². The molecule has 0 saturated heterocycles. The molecule has 0 radical (unpaired) electrons. The quantitative estimate of drug-likeness (QED) is 0.0433. The van der Waals surface area contributed by atoms with Crippen molar-refractivity contribution in [2.45, 2.75) is 89.5 Å². The van der Waals surface area contributed by atoms with E-state index < -0.39 is 65.8 Å². The molecule has 4 unspecified atom stereocenters. The Balaban J connectivity index is 1.42. The number of benzene rings is 3. The van der Waals surface area contributed by atoms with Gasteiger partial charge < -0.3 is 42.1 Å². The SMILES string of the molecule is CC(C)(N)CC(C)(C)CC(=O)CNC(Cc1ccccc1)C(=O)NC(Cc1c[nH]c2ccccc12)C(=O)NC(Cc1c[nH]c2ccccc12)C(=O)NCC(=O)NC(CS)C(=O)O. The van der Waals surface area contributed by atoms with E-state index in [4.69, 9.17) is 5.73 Å². The number of aliphatic carboxylic acids is 1. The summed E-state index contributed by atoms with van der Waals surface area (Å²) >= 11 is 3.98. The molecule has 0 aliphatic carbocycles. The van der Waals surface area contributed by atoms with Gasteiger partial charge in [0.15, 0.2) is 0 Å². The Hall–Kier alpha value is -5.97. The number of carboxylic acid groups (broad SMARTS) is 1. The Kier molecular flexibility index (Phi) is 16.1. The number of fused-ring (bicyclic) bond motifs is 2. The number of H-pyrrole nitrogens is 2. The topological polar surface area (TPSA) is 240 Å². The molecule has 2 aromatic heterocycles. The number of carbonyl (C=O) groups is 6. The molecule has 5 aromatic rings. The fraction of sp³-hybridized carbons (Fsp3) is 0.391. The Labute approximate surface area is 366 Å². The van der Waals surface area contributed by atoms with Crippen LogP contribution in [0.3, 0.4) is 0 Å². The fourth-order valence-electron chi connectivity index (χ4n) is 7.96. The molecule has 330 valence electrons. The van der Waals surface area contributed by atoms with Crippen LogP contribution in [-0.2, 0) is 48.0 Å². The smallest absolute Gasteiger partial charge is 0.327 e. The Morgan fingerprint density at radius 2 is 1.18 bits per heavy atom. The van der Waals surface area contributed by atoms with Crippen molar-refractivity contribution >= 4 is 69.8 Å². The van der Waals surface area contributed by atoms with Crippen molar-refractivity contribution in [3.05, 3.63) is 108 Å². The van der Waals surface area contributed by atoms with E-state index >= 15 is 0 Å². The molecule has 0 fully saturated rings. The van der Waals surface area contributed by atoms with Crippen LogP contribution < -0.4 is 32.3 Å². The van der Waals surface area contributed by atoms with E-state index in [-0.39, 0.29) is 49.2 Å². The summed E-state index contributed by atoms with van der Waals surface area (Å²) in [5.74, 6) is -4.22. The number of hydrogen-bond acceptors (Lipinski definition) is 9. The molecule has 62 heavy (non-hydrogen) atoms. The number of hydrogen-bond donors (Lipinski definition) is 10. The minimum absolute atomic E-state index is 0.00331. The molecule has 2 heterocycles. The molecule has 0 spiro atoms. The summed E-state index contributed by atoms with van der Waals surface area (Å²) in [7, 11) is 0. The van der Waals surface area contributed by atoms with Gasteiger partial charge in [-0.15, -0.1) is 0 Å². The van der Waals surface area contributed by atoms with Crippen LogP contribution in [0.15, 0.2) is 91.3 Å². The summed E-state index contributed by atoms with van der Waals surface area (Å²) < 4.78 is 0. The molecule has 15 nitrogen and oxygen atoms in total. The predicted octanol–water partition coefficient (Wildman–Crippen LogP) is 3.33. The molecule has 4 atom stereocenters. The number of Topliss-reactive ketones (excluding diaryl/α,β-unsaturated/α-hetero) is 1. The third-order valence-electron chi connectivity index (χ3n) is 10.5. The highest BCUT2D eigenvalue weighted by molar-refractivity contribution is 7.80. The molecule has 4 amide bonds. The maximum atomic E-state index is 14.6. The number of thiol groups is 1. The highest BCUT2D eigenvalue weighted by Crippen LogP contribution is 2.30. The lowest BCUT2D eigenvalue weighted by atomic mass is 9.77. The van der Waals surface area contributed by atoms with E-state index in [0.717, 1.165) is 32.9 Å². The minimum atomic E-state index is -1.28. The number of amides is 4. The van der Waals surface area contributed by atoms with E-state index in [1.54, 1.807) is 12.4 Å². The molecule has 0 saturated carbocycles. The molecule has 0 aliphatic heterocycles. The molecular formula is C46H58N8O7S. The Morgan fingerprint density at radius 3 is 1.71 bits per heavy atom. The predicted molar refractivity (Wildman–Crippen MR) is 243 cm³/mol. The zero-order valence-corrected chi connectivity index (χ0v) is 36.4. The highest BCUT2D eigenvalue weighted by atomic mass is 32.1. The first-order chi connectivity index (χ1) is 29.4. The van der Waals surface area contributed by atoms with Crippen molar-refractivity contribution in [1.82, 2.24) is 36.6 Å². The third-order valence-corrected chi connectivity index (χ3v) is 10.8. The molecular weight excluding hydrogens is 809 g/mol.